The van der Waals surface area contributed by atoms with E-state index in [4.69, 9.17) is 16.0 Å². The van der Waals surface area contributed by atoms with Crippen LogP contribution in [-0.4, -0.2) is 56.0 Å². The molecule has 2 amide bonds. The van der Waals surface area contributed by atoms with Crippen molar-refractivity contribution in [2.24, 2.45) is 0 Å². The number of hydrogen-bond acceptors (Lipinski definition) is 5. The first kappa shape index (κ1) is 24.8. The second kappa shape index (κ2) is 11.9. The SMILES string of the molecule is O=C(NCCc1ccc(Cl)cc1)C(=O)NCC(c1ccco1)N1CCN(c2ccccc2F)CC1. The number of piperazine rings is 1. The maximum atomic E-state index is 14.2. The summed E-state index contributed by atoms with van der Waals surface area (Å²) in [4.78, 5) is 28.9. The highest BCUT2D eigenvalue weighted by atomic mass is 35.5. The molecule has 4 rings (SSSR count). The van der Waals surface area contributed by atoms with Gasteiger partial charge in [0.15, 0.2) is 0 Å². The quantitative estimate of drug-likeness (QED) is 0.465. The van der Waals surface area contributed by atoms with E-state index in [9.17, 15) is 14.0 Å². The standard InChI is InChI=1S/C26H28ClFN4O3/c27-20-9-7-19(8-10-20)11-12-29-25(33)26(34)30-18-23(24-6-3-17-35-24)32-15-13-31(14-16-32)22-5-2-1-4-21(22)28/h1-10,17,23H,11-16,18H2,(H,29,33)(H,30,34). The highest BCUT2D eigenvalue weighted by Gasteiger charge is 2.28. The van der Waals surface area contributed by atoms with Crippen molar-refractivity contribution in [1.29, 1.82) is 0 Å². The lowest BCUT2D eigenvalue weighted by molar-refractivity contribution is -0.139. The maximum absolute atomic E-state index is 14.2. The first-order valence-electron chi connectivity index (χ1n) is 11.6. The smallest absolute Gasteiger partial charge is 0.309 e. The molecule has 2 aromatic carbocycles. The lowest BCUT2D eigenvalue weighted by atomic mass is 10.1. The zero-order valence-electron chi connectivity index (χ0n) is 19.3. The molecular formula is C26H28ClFN4O3. The summed E-state index contributed by atoms with van der Waals surface area (Å²) in [6.07, 6.45) is 2.18. The fourth-order valence-electron chi connectivity index (χ4n) is 4.19. The number of halogens is 2. The number of benzene rings is 2. The third-order valence-corrected chi connectivity index (χ3v) is 6.35. The van der Waals surface area contributed by atoms with Gasteiger partial charge >= 0.3 is 11.8 Å². The lowest BCUT2D eigenvalue weighted by Gasteiger charge is -2.39. The van der Waals surface area contributed by atoms with Crippen LogP contribution in [0.1, 0.15) is 17.4 Å². The zero-order valence-corrected chi connectivity index (χ0v) is 20.0. The summed E-state index contributed by atoms with van der Waals surface area (Å²) in [5, 5.41) is 6.03. The fourth-order valence-corrected chi connectivity index (χ4v) is 4.32. The Balaban J connectivity index is 1.28. The normalized spacial score (nSPS) is 15.0. The van der Waals surface area contributed by atoms with E-state index in [1.165, 1.54) is 6.07 Å². The molecule has 1 saturated heterocycles. The minimum atomic E-state index is -0.692. The van der Waals surface area contributed by atoms with Gasteiger partial charge in [0.2, 0.25) is 0 Å². The lowest BCUT2D eigenvalue weighted by Crippen LogP contribution is -2.51. The number of carbonyl (C=O) groups is 2. The molecule has 3 aromatic rings. The molecule has 2 heterocycles. The van der Waals surface area contributed by atoms with E-state index in [0.717, 1.165) is 5.56 Å². The van der Waals surface area contributed by atoms with E-state index in [2.05, 4.69) is 15.5 Å². The molecule has 35 heavy (non-hydrogen) atoms. The van der Waals surface area contributed by atoms with Crippen molar-refractivity contribution in [2.45, 2.75) is 12.5 Å². The van der Waals surface area contributed by atoms with Crippen molar-refractivity contribution in [3.63, 3.8) is 0 Å². The Hall–Kier alpha value is -3.36. The Morgan fingerprint density at radius 1 is 0.943 bits per heavy atom. The molecule has 1 aromatic heterocycles. The van der Waals surface area contributed by atoms with E-state index in [1.807, 2.05) is 29.2 Å². The van der Waals surface area contributed by atoms with Gasteiger partial charge in [-0.1, -0.05) is 35.9 Å². The Morgan fingerprint density at radius 3 is 2.34 bits per heavy atom. The largest absolute Gasteiger partial charge is 0.468 e. The number of hydrogen-bond donors (Lipinski definition) is 2. The van der Waals surface area contributed by atoms with E-state index >= 15 is 0 Å². The second-order valence-electron chi connectivity index (χ2n) is 8.35. The molecule has 0 spiro atoms. The van der Waals surface area contributed by atoms with Crippen molar-refractivity contribution in [2.75, 3.05) is 44.2 Å². The van der Waals surface area contributed by atoms with E-state index in [1.54, 1.807) is 36.6 Å². The van der Waals surface area contributed by atoms with Crippen LogP contribution >= 0.6 is 11.6 Å². The van der Waals surface area contributed by atoms with Gasteiger partial charge in [0.25, 0.3) is 0 Å². The van der Waals surface area contributed by atoms with Gasteiger partial charge < -0.3 is 20.0 Å². The Bertz CT molecular complexity index is 1120. The number of amides is 2. The average Bonchev–Trinajstić information content (AvgIpc) is 3.41. The Kier molecular flexibility index (Phi) is 8.39. The van der Waals surface area contributed by atoms with Crippen molar-refractivity contribution >= 4 is 29.1 Å². The summed E-state index contributed by atoms with van der Waals surface area (Å²) in [6, 6.07) is 17.5. The monoisotopic (exact) mass is 498 g/mol. The van der Waals surface area contributed by atoms with Gasteiger partial charge in [0, 0.05) is 44.3 Å². The number of rotatable bonds is 8. The van der Waals surface area contributed by atoms with Crippen LogP contribution in [0, 0.1) is 5.82 Å². The zero-order chi connectivity index (χ0) is 24.6. The number of nitrogens with one attached hydrogen (secondary N) is 2. The van der Waals surface area contributed by atoms with Crippen LogP contribution in [0.5, 0.6) is 0 Å². The van der Waals surface area contributed by atoms with E-state index in [-0.39, 0.29) is 18.4 Å². The van der Waals surface area contributed by atoms with Crippen molar-refractivity contribution < 1.29 is 18.4 Å². The number of anilines is 1. The van der Waals surface area contributed by atoms with Gasteiger partial charge in [-0.05, 0) is 48.4 Å². The molecule has 1 aliphatic rings. The maximum Gasteiger partial charge on any atom is 0.309 e. The van der Waals surface area contributed by atoms with Crippen LogP contribution in [0.3, 0.4) is 0 Å². The molecule has 0 saturated carbocycles. The topological polar surface area (TPSA) is 77.8 Å². The predicted octanol–water partition coefficient (Wildman–Crippen LogP) is 3.41. The molecule has 9 heteroatoms. The number of nitrogens with zero attached hydrogens (tertiary/aromatic N) is 2. The highest BCUT2D eigenvalue weighted by molar-refractivity contribution is 6.35. The third-order valence-electron chi connectivity index (χ3n) is 6.09. The number of para-hydroxylation sites is 1. The minimum Gasteiger partial charge on any atom is -0.468 e. The molecule has 7 nitrogen and oxygen atoms in total. The molecule has 1 atom stereocenters. The van der Waals surface area contributed by atoms with Crippen LogP contribution in [0.2, 0.25) is 5.02 Å². The first-order valence-corrected chi connectivity index (χ1v) is 12.0. The van der Waals surface area contributed by atoms with Crippen LogP contribution in [0.25, 0.3) is 0 Å². The summed E-state index contributed by atoms with van der Waals surface area (Å²) in [5.41, 5.74) is 1.60. The van der Waals surface area contributed by atoms with Gasteiger partial charge in [-0.15, -0.1) is 0 Å². The Morgan fingerprint density at radius 2 is 1.66 bits per heavy atom. The second-order valence-corrected chi connectivity index (χ2v) is 8.78. The molecule has 1 unspecified atom stereocenters. The third kappa shape index (κ3) is 6.61. The van der Waals surface area contributed by atoms with Crippen LogP contribution in [-0.2, 0) is 16.0 Å². The van der Waals surface area contributed by atoms with Gasteiger partial charge in [0.1, 0.15) is 11.6 Å². The minimum absolute atomic E-state index is 0.219. The summed E-state index contributed by atoms with van der Waals surface area (Å²) < 4.78 is 19.8. The molecular weight excluding hydrogens is 471 g/mol. The van der Waals surface area contributed by atoms with Gasteiger partial charge in [-0.3, -0.25) is 14.5 Å². The summed E-state index contributed by atoms with van der Waals surface area (Å²) in [6.45, 7) is 3.14. The number of furan rings is 1. The molecule has 1 fully saturated rings. The van der Waals surface area contributed by atoms with E-state index in [0.29, 0.717) is 55.6 Å². The Labute approximate surface area is 208 Å². The summed E-state index contributed by atoms with van der Waals surface area (Å²) in [5.74, 6) is -0.908. The predicted molar refractivity (Wildman–Crippen MR) is 133 cm³/mol. The molecule has 184 valence electrons. The average molecular weight is 499 g/mol. The van der Waals surface area contributed by atoms with Crippen molar-refractivity contribution in [3.8, 4) is 0 Å². The first-order chi connectivity index (χ1) is 17.0. The summed E-state index contributed by atoms with van der Waals surface area (Å²) >= 11 is 5.88. The highest BCUT2D eigenvalue weighted by Crippen LogP contribution is 2.25. The van der Waals surface area contributed by atoms with Gasteiger partial charge in [0.05, 0.1) is 18.0 Å². The number of carbonyl (C=O) groups excluding carboxylic acids is 2. The van der Waals surface area contributed by atoms with Crippen LogP contribution < -0.4 is 15.5 Å². The van der Waals surface area contributed by atoms with Gasteiger partial charge in [-0.2, -0.15) is 0 Å². The fraction of sp³-hybridized carbons (Fsp3) is 0.308. The molecule has 0 radical (unpaired) electrons. The van der Waals surface area contributed by atoms with Crippen molar-refractivity contribution in [1.82, 2.24) is 15.5 Å². The van der Waals surface area contributed by atoms with E-state index < -0.39 is 11.8 Å². The van der Waals surface area contributed by atoms with Gasteiger partial charge in [-0.25, -0.2) is 4.39 Å². The van der Waals surface area contributed by atoms with Crippen LogP contribution in [0.15, 0.2) is 71.3 Å². The summed E-state index contributed by atoms with van der Waals surface area (Å²) in [7, 11) is 0. The molecule has 1 aliphatic heterocycles. The molecule has 0 bridgehead atoms. The molecule has 0 aliphatic carbocycles. The molecule has 2 N–H and O–H groups in total. The van der Waals surface area contributed by atoms with Crippen LogP contribution in [0.4, 0.5) is 10.1 Å². The van der Waals surface area contributed by atoms with Crippen molar-refractivity contribution in [3.05, 3.63) is 89.1 Å².